The predicted octanol–water partition coefficient (Wildman–Crippen LogP) is 0.881. The average Bonchev–Trinajstić information content (AvgIpc) is 2.85. The maximum Gasteiger partial charge on any atom is 0.315 e. The van der Waals surface area contributed by atoms with Crippen LogP contribution in [-0.2, 0) is 4.79 Å². The number of nitrogens with zero attached hydrogens (tertiary/aromatic N) is 1. The second kappa shape index (κ2) is 6.92. The van der Waals surface area contributed by atoms with Crippen LogP contribution in [0.4, 0.5) is 4.79 Å². The molecule has 1 aliphatic heterocycles. The molecule has 20 heavy (non-hydrogen) atoms. The zero-order chi connectivity index (χ0) is 14.5. The lowest BCUT2D eigenvalue weighted by atomic mass is 9.99. The molecule has 3 unspecified atom stereocenters. The molecule has 0 radical (unpaired) electrons. The van der Waals surface area contributed by atoms with Gasteiger partial charge in [0.25, 0.3) is 0 Å². The van der Waals surface area contributed by atoms with E-state index < -0.39 is 5.97 Å². The van der Waals surface area contributed by atoms with Crippen molar-refractivity contribution in [3.63, 3.8) is 0 Å². The van der Waals surface area contributed by atoms with Crippen molar-refractivity contribution in [2.75, 3.05) is 26.7 Å². The average molecular weight is 283 g/mol. The van der Waals surface area contributed by atoms with Crippen molar-refractivity contribution in [2.45, 2.75) is 38.1 Å². The van der Waals surface area contributed by atoms with E-state index in [1.165, 1.54) is 6.42 Å². The van der Waals surface area contributed by atoms with Gasteiger partial charge in [-0.05, 0) is 51.6 Å². The smallest absolute Gasteiger partial charge is 0.315 e. The number of nitrogens with one attached hydrogen (secondary N) is 2. The highest BCUT2D eigenvalue weighted by molar-refractivity contribution is 5.75. The van der Waals surface area contributed by atoms with Crippen molar-refractivity contribution in [1.29, 1.82) is 0 Å². The van der Waals surface area contributed by atoms with E-state index in [0.29, 0.717) is 25.3 Å². The molecule has 2 amide bonds. The summed E-state index contributed by atoms with van der Waals surface area (Å²) in [6.07, 6.45) is 4.32. The maximum atomic E-state index is 11.8. The maximum absolute atomic E-state index is 11.8. The number of carbonyl (C=O) groups is 2. The second-order valence-electron chi connectivity index (χ2n) is 6.17. The first kappa shape index (κ1) is 15.1. The molecule has 0 aromatic rings. The molecule has 1 saturated carbocycles. The number of aliphatic carboxylic acids is 1. The summed E-state index contributed by atoms with van der Waals surface area (Å²) in [5.41, 5.74) is 0. The van der Waals surface area contributed by atoms with Gasteiger partial charge in [-0.25, -0.2) is 4.79 Å². The van der Waals surface area contributed by atoms with E-state index >= 15 is 0 Å². The summed E-state index contributed by atoms with van der Waals surface area (Å²) in [5, 5.41) is 14.7. The van der Waals surface area contributed by atoms with E-state index in [1.54, 1.807) is 0 Å². The molecule has 2 fully saturated rings. The lowest BCUT2D eigenvalue weighted by molar-refractivity contribution is -0.141. The van der Waals surface area contributed by atoms with Crippen molar-refractivity contribution >= 4 is 12.0 Å². The van der Waals surface area contributed by atoms with Crippen LogP contribution in [0.3, 0.4) is 0 Å². The molecule has 3 atom stereocenters. The van der Waals surface area contributed by atoms with E-state index in [1.807, 2.05) is 0 Å². The van der Waals surface area contributed by atoms with Gasteiger partial charge in [-0.2, -0.15) is 0 Å². The van der Waals surface area contributed by atoms with Gasteiger partial charge >= 0.3 is 12.0 Å². The van der Waals surface area contributed by atoms with Crippen molar-refractivity contribution in [2.24, 2.45) is 11.8 Å². The lowest BCUT2D eigenvalue weighted by Gasteiger charge is -2.29. The van der Waals surface area contributed by atoms with Gasteiger partial charge < -0.3 is 20.6 Å². The molecule has 2 aliphatic rings. The predicted molar refractivity (Wildman–Crippen MR) is 75.5 cm³/mol. The van der Waals surface area contributed by atoms with E-state index in [9.17, 15) is 9.59 Å². The number of urea groups is 1. The molecule has 3 N–H and O–H groups in total. The first-order chi connectivity index (χ1) is 9.54. The van der Waals surface area contributed by atoms with Crippen LogP contribution in [0.5, 0.6) is 0 Å². The van der Waals surface area contributed by atoms with Gasteiger partial charge in [-0.3, -0.25) is 4.79 Å². The quantitative estimate of drug-likeness (QED) is 0.715. The van der Waals surface area contributed by atoms with Gasteiger partial charge in [0.15, 0.2) is 0 Å². The number of hydrogen-bond acceptors (Lipinski definition) is 3. The number of piperidine rings is 1. The zero-order valence-corrected chi connectivity index (χ0v) is 12.1. The fourth-order valence-electron chi connectivity index (χ4n) is 3.25. The Bertz CT molecular complexity index is 362. The van der Waals surface area contributed by atoms with Crippen LogP contribution in [0, 0.1) is 11.8 Å². The number of rotatable bonds is 4. The molecule has 0 bridgehead atoms. The molecule has 0 spiro atoms. The summed E-state index contributed by atoms with van der Waals surface area (Å²) < 4.78 is 0. The minimum absolute atomic E-state index is 0.00475. The Balaban J connectivity index is 1.64. The van der Waals surface area contributed by atoms with Crippen molar-refractivity contribution in [1.82, 2.24) is 15.5 Å². The Morgan fingerprint density at radius 3 is 2.75 bits per heavy atom. The van der Waals surface area contributed by atoms with Crippen molar-refractivity contribution in [3.05, 3.63) is 0 Å². The number of hydrogen-bond donors (Lipinski definition) is 3. The van der Waals surface area contributed by atoms with E-state index in [4.69, 9.17) is 5.11 Å². The monoisotopic (exact) mass is 283 g/mol. The first-order valence-corrected chi connectivity index (χ1v) is 7.50. The molecule has 2 rings (SSSR count). The van der Waals surface area contributed by atoms with Gasteiger partial charge in [0.05, 0.1) is 5.92 Å². The van der Waals surface area contributed by atoms with Crippen LogP contribution in [0.2, 0.25) is 0 Å². The van der Waals surface area contributed by atoms with Gasteiger partial charge in [0.1, 0.15) is 0 Å². The summed E-state index contributed by atoms with van der Waals surface area (Å²) in [4.78, 5) is 25.0. The standard InChI is InChI=1S/C14H25N3O3/c1-17-6-2-3-10(9-17)8-15-14(20)16-12-5-4-11(7-12)13(18)19/h10-12H,2-9H2,1H3,(H,18,19)(H2,15,16,20). The lowest BCUT2D eigenvalue weighted by Crippen LogP contribution is -2.45. The van der Waals surface area contributed by atoms with Crippen LogP contribution < -0.4 is 10.6 Å². The Kier molecular flexibility index (Phi) is 5.23. The van der Waals surface area contributed by atoms with Crippen molar-refractivity contribution < 1.29 is 14.7 Å². The Labute approximate surface area is 119 Å². The topological polar surface area (TPSA) is 81.7 Å². The highest BCUT2D eigenvalue weighted by atomic mass is 16.4. The molecule has 114 valence electrons. The molecular weight excluding hydrogens is 258 g/mol. The number of carboxylic acids is 1. The SMILES string of the molecule is CN1CCCC(CNC(=O)NC2CCC(C(=O)O)C2)C1. The van der Waals surface area contributed by atoms with Gasteiger partial charge in [-0.1, -0.05) is 0 Å². The molecule has 1 saturated heterocycles. The van der Waals surface area contributed by atoms with Gasteiger partial charge in [0, 0.05) is 19.1 Å². The second-order valence-corrected chi connectivity index (χ2v) is 6.17. The van der Waals surface area contributed by atoms with E-state index in [-0.39, 0.29) is 18.0 Å². The fourth-order valence-corrected chi connectivity index (χ4v) is 3.25. The van der Waals surface area contributed by atoms with Crippen molar-refractivity contribution in [3.8, 4) is 0 Å². The molecular formula is C14H25N3O3. The number of carbonyl (C=O) groups excluding carboxylic acids is 1. The highest BCUT2D eigenvalue weighted by Crippen LogP contribution is 2.25. The third-order valence-electron chi connectivity index (χ3n) is 4.39. The van der Waals surface area contributed by atoms with E-state index in [0.717, 1.165) is 25.9 Å². The molecule has 6 nitrogen and oxygen atoms in total. The minimum atomic E-state index is -0.750. The number of likely N-dealkylation sites (tertiary alicyclic amines) is 1. The number of carboxylic acid groups (broad SMARTS) is 1. The third-order valence-corrected chi connectivity index (χ3v) is 4.39. The summed E-state index contributed by atoms with van der Waals surface area (Å²) in [6.45, 7) is 2.87. The Morgan fingerprint density at radius 1 is 1.30 bits per heavy atom. The van der Waals surface area contributed by atoms with Gasteiger partial charge in [0.2, 0.25) is 0 Å². The Hall–Kier alpha value is -1.30. The summed E-state index contributed by atoms with van der Waals surface area (Å²) in [7, 11) is 2.11. The molecule has 1 heterocycles. The molecule has 0 aromatic heterocycles. The minimum Gasteiger partial charge on any atom is -0.481 e. The molecule has 1 aliphatic carbocycles. The first-order valence-electron chi connectivity index (χ1n) is 7.50. The molecule has 0 aromatic carbocycles. The molecule has 6 heteroatoms. The van der Waals surface area contributed by atoms with E-state index in [2.05, 4.69) is 22.6 Å². The van der Waals surface area contributed by atoms with Crippen LogP contribution in [0.1, 0.15) is 32.1 Å². The zero-order valence-electron chi connectivity index (χ0n) is 12.1. The largest absolute Gasteiger partial charge is 0.481 e. The normalized spacial score (nSPS) is 30.9. The summed E-state index contributed by atoms with van der Waals surface area (Å²) in [6, 6.07) is -0.153. The van der Waals surface area contributed by atoms with Crippen LogP contribution in [-0.4, -0.2) is 54.7 Å². The van der Waals surface area contributed by atoms with Crippen LogP contribution >= 0.6 is 0 Å². The third kappa shape index (κ3) is 4.37. The summed E-state index contributed by atoms with van der Waals surface area (Å²) in [5.74, 6) is -0.526. The van der Waals surface area contributed by atoms with Crippen LogP contribution in [0.15, 0.2) is 0 Å². The fraction of sp³-hybridized carbons (Fsp3) is 0.857. The Morgan fingerprint density at radius 2 is 2.10 bits per heavy atom. The summed E-state index contributed by atoms with van der Waals surface area (Å²) >= 11 is 0. The highest BCUT2D eigenvalue weighted by Gasteiger charge is 2.30. The van der Waals surface area contributed by atoms with Crippen LogP contribution in [0.25, 0.3) is 0 Å². The number of amides is 2. The van der Waals surface area contributed by atoms with Gasteiger partial charge in [-0.15, -0.1) is 0 Å².